The van der Waals surface area contributed by atoms with E-state index in [-0.39, 0.29) is 11.0 Å². The lowest BCUT2D eigenvalue weighted by Crippen LogP contribution is -2.34. The molecule has 2 N–H and O–H groups in total. The summed E-state index contributed by atoms with van der Waals surface area (Å²) < 4.78 is 14.1. The number of rotatable bonds is 3. The molecule has 0 unspecified atom stereocenters. The Morgan fingerprint density at radius 1 is 1.10 bits per heavy atom. The van der Waals surface area contributed by atoms with Crippen LogP contribution in [0.25, 0.3) is 33.7 Å². The number of carbonyl (C=O) groups excluding carboxylic acids is 1. The number of benzene rings is 2. The van der Waals surface area contributed by atoms with Crippen molar-refractivity contribution in [2.45, 2.75) is 6.92 Å². The molecule has 5 aromatic rings. The van der Waals surface area contributed by atoms with E-state index in [1.54, 1.807) is 30.5 Å². The number of aromatic nitrogens is 4. The maximum atomic E-state index is 12.6. The van der Waals surface area contributed by atoms with E-state index in [0.29, 0.717) is 28.2 Å². The summed E-state index contributed by atoms with van der Waals surface area (Å²) in [6.07, 6.45) is 1.67. The van der Waals surface area contributed by atoms with Crippen LogP contribution in [0.2, 0.25) is 0 Å². The Labute approximate surface area is 185 Å². The fourth-order valence-electron chi connectivity index (χ4n) is 3.03. The predicted molar refractivity (Wildman–Crippen MR) is 123 cm³/mol. The Balaban J connectivity index is 1.34. The standard InChI is InChI=1S/C21H14N6O2S2/c1-11-4-5-13(20-24-18-17(29-20)3-2-8-22-18)10-15(11)23-21(30)25-19(28)12-6-7-14-16(9-12)27-31-26-14/h2-10H,1H3,(H2,23,25,28,30). The molecule has 0 radical (unpaired) electrons. The zero-order chi connectivity index (χ0) is 21.4. The number of oxazole rings is 1. The molecule has 0 saturated carbocycles. The minimum absolute atomic E-state index is 0.181. The number of fused-ring (bicyclic) bond motifs is 2. The smallest absolute Gasteiger partial charge is 0.257 e. The number of thiocarbonyl (C=S) groups is 1. The van der Waals surface area contributed by atoms with Crippen LogP contribution in [0.1, 0.15) is 15.9 Å². The van der Waals surface area contributed by atoms with Crippen LogP contribution in [-0.2, 0) is 0 Å². The molecule has 3 aromatic heterocycles. The molecule has 3 heterocycles. The van der Waals surface area contributed by atoms with Gasteiger partial charge in [0, 0.05) is 23.0 Å². The van der Waals surface area contributed by atoms with Crippen LogP contribution in [0.5, 0.6) is 0 Å². The van der Waals surface area contributed by atoms with E-state index in [1.165, 1.54) is 0 Å². The molecule has 0 atom stereocenters. The average Bonchev–Trinajstić information content (AvgIpc) is 3.41. The first-order valence-corrected chi connectivity index (χ1v) is 10.4. The number of hydrogen-bond acceptors (Lipinski definition) is 8. The molecular weight excluding hydrogens is 432 g/mol. The quantitative estimate of drug-likeness (QED) is 0.395. The maximum Gasteiger partial charge on any atom is 0.257 e. The lowest BCUT2D eigenvalue weighted by Gasteiger charge is -2.12. The molecule has 10 heteroatoms. The van der Waals surface area contributed by atoms with Gasteiger partial charge >= 0.3 is 0 Å². The molecule has 5 rings (SSSR count). The predicted octanol–water partition coefficient (Wildman–Crippen LogP) is 4.33. The number of pyridine rings is 1. The Bertz CT molecular complexity index is 1430. The summed E-state index contributed by atoms with van der Waals surface area (Å²) >= 11 is 6.45. The summed E-state index contributed by atoms with van der Waals surface area (Å²) in [7, 11) is 0. The highest BCUT2D eigenvalue weighted by Gasteiger charge is 2.13. The van der Waals surface area contributed by atoms with Crippen molar-refractivity contribution < 1.29 is 9.21 Å². The van der Waals surface area contributed by atoms with Gasteiger partial charge in [0.2, 0.25) is 5.89 Å². The third kappa shape index (κ3) is 3.86. The van der Waals surface area contributed by atoms with Gasteiger partial charge in [0.15, 0.2) is 16.3 Å². The van der Waals surface area contributed by atoms with Gasteiger partial charge in [-0.25, -0.2) is 4.98 Å². The second-order valence-corrected chi connectivity index (χ2v) is 7.69. The largest absolute Gasteiger partial charge is 0.434 e. The van der Waals surface area contributed by atoms with Crippen LogP contribution in [0, 0.1) is 6.92 Å². The van der Waals surface area contributed by atoms with Gasteiger partial charge in [0.05, 0.1) is 11.7 Å². The summed E-state index contributed by atoms with van der Waals surface area (Å²) in [5, 5.41) is 5.95. The minimum atomic E-state index is -0.328. The first-order valence-electron chi connectivity index (χ1n) is 9.24. The Morgan fingerprint density at radius 3 is 2.84 bits per heavy atom. The van der Waals surface area contributed by atoms with E-state index in [4.69, 9.17) is 16.6 Å². The first-order chi connectivity index (χ1) is 15.1. The van der Waals surface area contributed by atoms with E-state index >= 15 is 0 Å². The normalized spacial score (nSPS) is 11.0. The molecule has 0 aliphatic rings. The van der Waals surface area contributed by atoms with Crippen molar-refractivity contribution in [1.29, 1.82) is 0 Å². The van der Waals surface area contributed by atoms with Crippen molar-refractivity contribution in [3.63, 3.8) is 0 Å². The molecule has 0 aliphatic carbocycles. The minimum Gasteiger partial charge on any atom is -0.434 e. The van der Waals surface area contributed by atoms with Gasteiger partial charge < -0.3 is 9.73 Å². The van der Waals surface area contributed by atoms with Crippen LogP contribution in [0.15, 0.2) is 59.1 Å². The highest BCUT2D eigenvalue weighted by molar-refractivity contribution is 7.80. The molecule has 0 saturated heterocycles. The zero-order valence-electron chi connectivity index (χ0n) is 16.1. The number of amides is 1. The van der Waals surface area contributed by atoms with Crippen molar-refractivity contribution in [2.75, 3.05) is 5.32 Å². The van der Waals surface area contributed by atoms with E-state index < -0.39 is 0 Å². The van der Waals surface area contributed by atoms with E-state index in [9.17, 15) is 4.79 Å². The van der Waals surface area contributed by atoms with Gasteiger partial charge in [-0.3, -0.25) is 10.1 Å². The lowest BCUT2D eigenvalue weighted by molar-refractivity contribution is 0.0978. The molecule has 2 aromatic carbocycles. The highest BCUT2D eigenvalue weighted by Crippen LogP contribution is 2.27. The van der Waals surface area contributed by atoms with Crippen molar-refractivity contribution in [3.8, 4) is 11.5 Å². The number of nitrogens with one attached hydrogen (secondary N) is 2. The summed E-state index contributed by atoms with van der Waals surface area (Å²) in [6, 6.07) is 14.4. The number of nitrogens with zero attached hydrogens (tertiary/aromatic N) is 4. The monoisotopic (exact) mass is 446 g/mol. The first kappa shape index (κ1) is 19.2. The highest BCUT2D eigenvalue weighted by atomic mass is 32.1. The topological polar surface area (TPSA) is 106 Å². The second kappa shape index (κ2) is 7.82. The van der Waals surface area contributed by atoms with E-state index in [2.05, 4.69) is 29.3 Å². The molecule has 0 fully saturated rings. The molecular formula is C21H14N6O2S2. The Kier molecular flexibility index (Phi) is 4.85. The van der Waals surface area contributed by atoms with Gasteiger partial charge in [-0.05, 0) is 67.2 Å². The zero-order valence-corrected chi connectivity index (χ0v) is 17.8. The summed E-state index contributed by atoms with van der Waals surface area (Å²) in [5.74, 6) is 0.128. The molecule has 0 bridgehead atoms. The van der Waals surface area contributed by atoms with Gasteiger partial charge in [-0.2, -0.15) is 13.7 Å². The van der Waals surface area contributed by atoms with E-state index in [1.807, 2.05) is 31.2 Å². The molecule has 1 amide bonds. The molecule has 0 aliphatic heterocycles. The third-order valence-corrected chi connectivity index (χ3v) is 5.40. The van der Waals surface area contributed by atoms with Crippen molar-refractivity contribution in [1.82, 2.24) is 24.0 Å². The SMILES string of the molecule is Cc1ccc(-c2nc3ncccc3o2)cc1NC(=S)NC(=O)c1ccc2nsnc2c1. The van der Waals surface area contributed by atoms with Crippen LogP contribution < -0.4 is 10.6 Å². The molecule has 8 nitrogen and oxygen atoms in total. The molecule has 31 heavy (non-hydrogen) atoms. The van der Waals surface area contributed by atoms with Crippen LogP contribution >= 0.6 is 23.9 Å². The van der Waals surface area contributed by atoms with Gasteiger partial charge in [-0.1, -0.05) is 6.07 Å². The summed E-state index contributed by atoms with van der Waals surface area (Å²) in [6.45, 7) is 1.94. The Hall–Kier alpha value is -3.76. The Morgan fingerprint density at radius 2 is 1.97 bits per heavy atom. The average molecular weight is 447 g/mol. The second-order valence-electron chi connectivity index (χ2n) is 6.75. The molecule has 0 spiro atoms. The van der Waals surface area contributed by atoms with Gasteiger partial charge in [0.1, 0.15) is 11.0 Å². The maximum absolute atomic E-state index is 12.6. The van der Waals surface area contributed by atoms with Crippen molar-refractivity contribution in [2.24, 2.45) is 0 Å². The third-order valence-electron chi connectivity index (χ3n) is 4.64. The van der Waals surface area contributed by atoms with Crippen LogP contribution in [-0.4, -0.2) is 29.7 Å². The summed E-state index contributed by atoms with van der Waals surface area (Å²) in [5.41, 5.74) is 5.49. The van der Waals surface area contributed by atoms with Crippen LogP contribution in [0.3, 0.4) is 0 Å². The number of aryl methyl sites for hydroxylation is 1. The number of hydrogen-bond donors (Lipinski definition) is 2. The van der Waals surface area contributed by atoms with E-state index in [0.717, 1.165) is 34.1 Å². The van der Waals surface area contributed by atoms with Crippen LogP contribution in [0.4, 0.5) is 5.69 Å². The number of carbonyl (C=O) groups is 1. The lowest BCUT2D eigenvalue weighted by atomic mass is 10.1. The fourth-order valence-corrected chi connectivity index (χ4v) is 3.75. The number of anilines is 1. The summed E-state index contributed by atoms with van der Waals surface area (Å²) in [4.78, 5) is 21.2. The van der Waals surface area contributed by atoms with Gasteiger partial charge in [0.25, 0.3) is 5.91 Å². The fraction of sp³-hybridized carbons (Fsp3) is 0.0476. The van der Waals surface area contributed by atoms with Gasteiger partial charge in [-0.15, -0.1) is 0 Å². The van der Waals surface area contributed by atoms with Crippen molar-refractivity contribution >= 4 is 62.9 Å². The molecule has 152 valence electrons. The van der Waals surface area contributed by atoms with Crippen molar-refractivity contribution in [3.05, 3.63) is 65.9 Å².